The Bertz CT molecular complexity index is 376. The summed E-state index contributed by atoms with van der Waals surface area (Å²) in [6.07, 6.45) is 2.48. The first-order valence-corrected chi connectivity index (χ1v) is 6.08. The topological polar surface area (TPSA) is 55.7 Å². The first kappa shape index (κ1) is 12.2. The van der Waals surface area contributed by atoms with Gasteiger partial charge in [0, 0.05) is 30.8 Å². The third-order valence-electron chi connectivity index (χ3n) is 3.20. The van der Waals surface area contributed by atoms with Gasteiger partial charge in [-0.15, -0.1) is 0 Å². The Morgan fingerprint density at radius 2 is 2.24 bits per heavy atom. The van der Waals surface area contributed by atoms with E-state index >= 15 is 0 Å². The molecule has 3 N–H and O–H groups in total. The molecule has 1 saturated heterocycles. The van der Waals surface area contributed by atoms with Crippen LogP contribution >= 0.6 is 0 Å². The molecule has 17 heavy (non-hydrogen) atoms. The first-order chi connectivity index (χ1) is 8.15. The van der Waals surface area contributed by atoms with Crippen molar-refractivity contribution in [1.82, 2.24) is 10.2 Å². The van der Waals surface area contributed by atoms with Crippen molar-refractivity contribution < 1.29 is 10.2 Å². The zero-order valence-electron chi connectivity index (χ0n) is 10.2. The van der Waals surface area contributed by atoms with Gasteiger partial charge in [0.15, 0.2) is 0 Å². The second-order valence-electron chi connectivity index (χ2n) is 4.80. The highest BCUT2D eigenvalue weighted by atomic mass is 16.3. The van der Waals surface area contributed by atoms with Crippen LogP contribution in [0.4, 0.5) is 0 Å². The maximum Gasteiger partial charge on any atom is 0.123 e. The number of hydrogen-bond acceptors (Lipinski definition) is 4. The van der Waals surface area contributed by atoms with Gasteiger partial charge in [0.1, 0.15) is 11.5 Å². The van der Waals surface area contributed by atoms with E-state index in [1.165, 1.54) is 18.9 Å². The Balaban J connectivity index is 1.90. The molecule has 4 heteroatoms. The van der Waals surface area contributed by atoms with Crippen molar-refractivity contribution in [2.45, 2.75) is 25.4 Å². The maximum atomic E-state index is 9.70. The predicted molar refractivity (Wildman–Crippen MR) is 67.1 cm³/mol. The number of hydrogen-bond donors (Lipinski definition) is 3. The van der Waals surface area contributed by atoms with Gasteiger partial charge < -0.3 is 20.4 Å². The molecule has 1 aromatic carbocycles. The van der Waals surface area contributed by atoms with Gasteiger partial charge in [-0.05, 0) is 32.5 Å². The number of phenolic OH excluding ortho intramolecular Hbond substituents is 2. The minimum absolute atomic E-state index is 0.103. The highest BCUT2D eigenvalue weighted by Gasteiger charge is 2.16. The lowest BCUT2D eigenvalue weighted by atomic mass is 10.1. The van der Waals surface area contributed by atoms with Gasteiger partial charge in [-0.1, -0.05) is 6.07 Å². The van der Waals surface area contributed by atoms with Gasteiger partial charge in [0.25, 0.3) is 0 Å². The number of benzene rings is 1. The van der Waals surface area contributed by atoms with E-state index in [0.29, 0.717) is 12.6 Å². The van der Waals surface area contributed by atoms with Crippen molar-refractivity contribution in [3.63, 3.8) is 0 Å². The van der Waals surface area contributed by atoms with Gasteiger partial charge in [-0.3, -0.25) is 0 Å². The number of nitrogens with zero attached hydrogens (tertiary/aromatic N) is 1. The second-order valence-corrected chi connectivity index (χ2v) is 4.80. The highest BCUT2D eigenvalue weighted by molar-refractivity contribution is 5.38. The van der Waals surface area contributed by atoms with Crippen LogP contribution in [0.3, 0.4) is 0 Å². The molecule has 1 heterocycles. The Labute approximate surface area is 102 Å². The van der Waals surface area contributed by atoms with Crippen LogP contribution in [0.2, 0.25) is 0 Å². The summed E-state index contributed by atoms with van der Waals surface area (Å²) in [6.45, 7) is 2.80. The van der Waals surface area contributed by atoms with Crippen molar-refractivity contribution in [2.75, 3.05) is 20.1 Å². The fraction of sp³-hybridized carbons (Fsp3) is 0.538. The summed E-state index contributed by atoms with van der Waals surface area (Å²) in [5, 5.41) is 22.4. The molecule has 0 saturated carbocycles. The first-order valence-electron chi connectivity index (χ1n) is 6.08. The molecule has 0 aliphatic carbocycles. The SMILES string of the molecule is CN(Cc1ccc(O)cc1O)CC1CCCN1. The van der Waals surface area contributed by atoms with Crippen LogP contribution in [0, 0.1) is 0 Å². The molecule has 1 aromatic rings. The third kappa shape index (κ3) is 3.35. The molecule has 94 valence electrons. The molecule has 2 rings (SSSR count). The van der Waals surface area contributed by atoms with E-state index in [-0.39, 0.29) is 11.5 Å². The van der Waals surface area contributed by atoms with Crippen molar-refractivity contribution in [3.05, 3.63) is 23.8 Å². The lowest BCUT2D eigenvalue weighted by molar-refractivity contribution is 0.288. The molecule has 0 amide bonds. The monoisotopic (exact) mass is 236 g/mol. The average molecular weight is 236 g/mol. The molecule has 0 radical (unpaired) electrons. The molecule has 0 aromatic heterocycles. The standard InChI is InChI=1S/C13H20N2O2/c1-15(9-11-3-2-6-14-11)8-10-4-5-12(16)7-13(10)17/h4-5,7,11,14,16-17H,2-3,6,8-9H2,1H3. The lowest BCUT2D eigenvalue weighted by Gasteiger charge is -2.21. The molecule has 4 nitrogen and oxygen atoms in total. The van der Waals surface area contributed by atoms with Crippen LogP contribution in [0.15, 0.2) is 18.2 Å². The van der Waals surface area contributed by atoms with E-state index in [2.05, 4.69) is 10.2 Å². The Hall–Kier alpha value is -1.26. The Morgan fingerprint density at radius 3 is 2.88 bits per heavy atom. The van der Waals surface area contributed by atoms with E-state index in [1.54, 1.807) is 12.1 Å². The number of nitrogens with one attached hydrogen (secondary N) is 1. The summed E-state index contributed by atoms with van der Waals surface area (Å²) >= 11 is 0. The smallest absolute Gasteiger partial charge is 0.123 e. The molecule has 1 unspecified atom stereocenters. The fourth-order valence-corrected chi connectivity index (χ4v) is 2.33. The molecule has 0 bridgehead atoms. The lowest BCUT2D eigenvalue weighted by Crippen LogP contribution is -2.34. The predicted octanol–water partition coefficient (Wildman–Crippen LogP) is 1.28. The van der Waals surface area contributed by atoms with Crippen LogP contribution in [0.1, 0.15) is 18.4 Å². The molecule has 0 spiro atoms. The van der Waals surface area contributed by atoms with E-state index < -0.39 is 0 Å². The molecular formula is C13H20N2O2. The number of phenols is 2. The fourth-order valence-electron chi connectivity index (χ4n) is 2.33. The van der Waals surface area contributed by atoms with Crippen LogP contribution in [0.25, 0.3) is 0 Å². The summed E-state index contributed by atoms with van der Waals surface area (Å²) in [5.74, 6) is 0.266. The van der Waals surface area contributed by atoms with E-state index in [9.17, 15) is 10.2 Å². The van der Waals surface area contributed by atoms with Crippen LogP contribution < -0.4 is 5.32 Å². The summed E-state index contributed by atoms with van der Waals surface area (Å²) in [6, 6.07) is 5.33. The molecule has 1 aliphatic heterocycles. The molecule has 1 fully saturated rings. The summed E-state index contributed by atoms with van der Waals surface area (Å²) in [4.78, 5) is 2.19. The average Bonchev–Trinajstić information content (AvgIpc) is 2.75. The summed E-state index contributed by atoms with van der Waals surface area (Å²) in [5.41, 5.74) is 0.850. The highest BCUT2D eigenvalue weighted by Crippen LogP contribution is 2.23. The van der Waals surface area contributed by atoms with Crippen molar-refractivity contribution in [1.29, 1.82) is 0 Å². The maximum absolute atomic E-state index is 9.70. The van der Waals surface area contributed by atoms with Crippen LogP contribution in [0.5, 0.6) is 11.5 Å². The zero-order valence-corrected chi connectivity index (χ0v) is 10.2. The van der Waals surface area contributed by atoms with Crippen molar-refractivity contribution in [2.24, 2.45) is 0 Å². The molecular weight excluding hydrogens is 216 g/mol. The van der Waals surface area contributed by atoms with Gasteiger partial charge in [0.2, 0.25) is 0 Å². The minimum atomic E-state index is 0.103. The van der Waals surface area contributed by atoms with E-state index in [0.717, 1.165) is 18.7 Å². The zero-order chi connectivity index (χ0) is 12.3. The minimum Gasteiger partial charge on any atom is -0.508 e. The number of rotatable bonds is 4. The van der Waals surface area contributed by atoms with Crippen LogP contribution in [-0.4, -0.2) is 41.3 Å². The second kappa shape index (κ2) is 5.38. The van der Waals surface area contributed by atoms with E-state index in [4.69, 9.17) is 0 Å². The number of likely N-dealkylation sites (N-methyl/N-ethyl adjacent to an activating group) is 1. The van der Waals surface area contributed by atoms with Crippen molar-refractivity contribution >= 4 is 0 Å². The summed E-state index contributed by atoms with van der Waals surface area (Å²) in [7, 11) is 2.05. The largest absolute Gasteiger partial charge is 0.508 e. The normalized spacial score (nSPS) is 20.0. The molecule has 1 aliphatic rings. The Kier molecular flexibility index (Phi) is 3.86. The van der Waals surface area contributed by atoms with Gasteiger partial charge in [0.05, 0.1) is 0 Å². The van der Waals surface area contributed by atoms with Gasteiger partial charge >= 0.3 is 0 Å². The number of aromatic hydroxyl groups is 2. The summed E-state index contributed by atoms with van der Waals surface area (Å²) < 4.78 is 0. The van der Waals surface area contributed by atoms with Gasteiger partial charge in [-0.2, -0.15) is 0 Å². The van der Waals surface area contributed by atoms with Crippen LogP contribution in [-0.2, 0) is 6.54 Å². The van der Waals surface area contributed by atoms with Crippen molar-refractivity contribution in [3.8, 4) is 11.5 Å². The van der Waals surface area contributed by atoms with E-state index in [1.807, 2.05) is 7.05 Å². The molecule has 1 atom stereocenters. The third-order valence-corrected chi connectivity index (χ3v) is 3.20. The quantitative estimate of drug-likeness (QED) is 0.737. The van der Waals surface area contributed by atoms with Gasteiger partial charge in [-0.25, -0.2) is 0 Å². The Morgan fingerprint density at radius 1 is 1.41 bits per heavy atom.